The van der Waals surface area contributed by atoms with Crippen molar-refractivity contribution in [3.8, 4) is 0 Å². The molecule has 1 aromatic heterocycles. The molecule has 182 valence electrons. The van der Waals surface area contributed by atoms with Gasteiger partial charge in [-0.05, 0) is 50.6 Å². The highest BCUT2D eigenvalue weighted by Gasteiger charge is 2.31. The first-order valence-electron chi connectivity index (χ1n) is 12.3. The lowest BCUT2D eigenvalue weighted by Crippen LogP contribution is -2.41. The van der Waals surface area contributed by atoms with Gasteiger partial charge in [-0.1, -0.05) is 78.9 Å². The van der Waals surface area contributed by atoms with Gasteiger partial charge in [0.15, 0.2) is 0 Å². The van der Waals surface area contributed by atoms with Crippen LogP contribution in [-0.2, 0) is 6.54 Å². The van der Waals surface area contributed by atoms with Crippen LogP contribution in [0.5, 0.6) is 0 Å². The maximum atomic E-state index is 13.9. The third-order valence-electron chi connectivity index (χ3n) is 6.99. The van der Waals surface area contributed by atoms with E-state index in [-0.39, 0.29) is 30.3 Å². The average Bonchev–Trinajstić information content (AvgIpc) is 3.16. The zero-order valence-corrected chi connectivity index (χ0v) is 21.3. The van der Waals surface area contributed by atoms with E-state index in [1.807, 2.05) is 0 Å². The van der Waals surface area contributed by atoms with Gasteiger partial charge in [0.2, 0.25) is 0 Å². The van der Waals surface area contributed by atoms with Crippen molar-refractivity contribution >= 4 is 29.2 Å². The molecule has 1 aliphatic rings. The highest BCUT2D eigenvalue weighted by molar-refractivity contribution is 6.03. The van der Waals surface area contributed by atoms with Crippen molar-refractivity contribution in [3.05, 3.63) is 107 Å². The van der Waals surface area contributed by atoms with Crippen molar-refractivity contribution in [3.63, 3.8) is 0 Å². The lowest BCUT2D eigenvalue weighted by molar-refractivity contribution is 0.0906. The number of carbonyl (C=O) groups is 1. The van der Waals surface area contributed by atoms with E-state index in [0.29, 0.717) is 0 Å². The van der Waals surface area contributed by atoms with Gasteiger partial charge in [0.1, 0.15) is 5.69 Å². The first-order valence-corrected chi connectivity index (χ1v) is 12.3. The van der Waals surface area contributed by atoms with E-state index < -0.39 is 0 Å². The third-order valence-corrected chi connectivity index (χ3v) is 6.99. The van der Waals surface area contributed by atoms with Crippen LogP contribution < -0.4 is 5.32 Å². The molecule has 3 aromatic carbocycles. The number of likely N-dealkylation sites (N-methyl/N-ethyl adjacent to an activating group) is 1. The first kappa shape index (κ1) is 25.0. The van der Waals surface area contributed by atoms with Crippen LogP contribution in [0.1, 0.15) is 52.4 Å². The molecule has 0 atom stereocenters. The minimum absolute atomic E-state index is 0. The number of carbonyl (C=O) groups excluding carboxylic acids is 1. The Morgan fingerprint density at radius 2 is 1.49 bits per heavy atom. The highest BCUT2D eigenvalue weighted by Crippen LogP contribution is 2.40. The molecule has 4 aromatic rings. The molecule has 5 rings (SSSR count). The van der Waals surface area contributed by atoms with Gasteiger partial charge < -0.3 is 14.8 Å². The van der Waals surface area contributed by atoms with Gasteiger partial charge in [-0.2, -0.15) is 0 Å². The minimum Gasteiger partial charge on any atom is -0.348 e. The Balaban J connectivity index is 0.00000289. The van der Waals surface area contributed by atoms with Crippen LogP contribution in [0.4, 0.5) is 0 Å². The Bertz CT molecular complexity index is 1220. The molecule has 1 saturated carbocycles. The quantitative estimate of drug-likeness (QED) is 0.326. The van der Waals surface area contributed by atoms with E-state index >= 15 is 0 Å². The normalized spacial score (nSPS) is 13.6. The molecule has 4 nitrogen and oxygen atoms in total. The topological polar surface area (TPSA) is 37.3 Å². The Hall–Kier alpha value is -3.08. The van der Waals surface area contributed by atoms with Crippen LogP contribution in [0.2, 0.25) is 0 Å². The number of rotatable bonds is 8. The standard InChI is InChI=1S/C30H33N3O.ClH/c1-32(2)20-21-33-26-19-10-9-18-25(26)28(29(33)30(34)31-24-16-11-17-24)27(22-12-5-3-6-13-22)23-14-7-4-8-15-23;/h3-10,12-15,18-19,24,27H,11,16-17,20-21H2,1-2H3,(H,31,34);1H. The van der Waals surface area contributed by atoms with Crippen molar-refractivity contribution in [1.82, 2.24) is 14.8 Å². The summed E-state index contributed by atoms with van der Waals surface area (Å²) in [5.74, 6) is 0.0153. The van der Waals surface area contributed by atoms with Crippen molar-refractivity contribution in [2.75, 3.05) is 20.6 Å². The van der Waals surface area contributed by atoms with Gasteiger partial charge in [-0.25, -0.2) is 0 Å². The molecule has 1 aliphatic carbocycles. The molecular formula is C30H34ClN3O. The van der Waals surface area contributed by atoms with E-state index in [1.54, 1.807) is 0 Å². The number of nitrogens with one attached hydrogen (secondary N) is 1. The van der Waals surface area contributed by atoms with Crippen molar-refractivity contribution in [2.24, 2.45) is 0 Å². The molecule has 0 spiro atoms. The van der Waals surface area contributed by atoms with E-state index in [4.69, 9.17) is 0 Å². The second-order valence-corrected chi connectivity index (χ2v) is 9.59. The maximum Gasteiger partial charge on any atom is 0.268 e. The predicted octanol–water partition coefficient (Wildman–Crippen LogP) is 6.09. The number of para-hydroxylation sites is 1. The summed E-state index contributed by atoms with van der Waals surface area (Å²) in [6.07, 6.45) is 3.33. The van der Waals surface area contributed by atoms with Gasteiger partial charge in [0.05, 0.1) is 0 Å². The van der Waals surface area contributed by atoms with Gasteiger partial charge in [-0.15, -0.1) is 12.4 Å². The van der Waals surface area contributed by atoms with E-state index in [2.05, 4.69) is 114 Å². The van der Waals surface area contributed by atoms with E-state index in [1.165, 1.54) is 17.5 Å². The highest BCUT2D eigenvalue weighted by atomic mass is 35.5. The van der Waals surface area contributed by atoms with Gasteiger partial charge in [0.25, 0.3) is 5.91 Å². The number of halogens is 1. The van der Waals surface area contributed by atoms with Crippen molar-refractivity contribution in [1.29, 1.82) is 0 Å². The van der Waals surface area contributed by atoms with Crippen LogP contribution in [0.3, 0.4) is 0 Å². The van der Waals surface area contributed by atoms with Crippen molar-refractivity contribution < 1.29 is 4.79 Å². The fourth-order valence-electron chi connectivity index (χ4n) is 5.02. The maximum absolute atomic E-state index is 13.9. The second-order valence-electron chi connectivity index (χ2n) is 9.59. The predicted molar refractivity (Wildman–Crippen MR) is 147 cm³/mol. The van der Waals surface area contributed by atoms with E-state index in [0.717, 1.165) is 48.1 Å². The molecular weight excluding hydrogens is 454 g/mol. The minimum atomic E-state index is -0.0324. The van der Waals surface area contributed by atoms with Crippen LogP contribution >= 0.6 is 12.4 Å². The van der Waals surface area contributed by atoms with Gasteiger partial charge >= 0.3 is 0 Å². The van der Waals surface area contributed by atoms with Crippen molar-refractivity contribution in [2.45, 2.75) is 37.8 Å². The van der Waals surface area contributed by atoms with Gasteiger partial charge in [-0.3, -0.25) is 4.79 Å². The summed E-state index contributed by atoms with van der Waals surface area (Å²) in [4.78, 5) is 16.1. The number of hydrogen-bond donors (Lipinski definition) is 1. The van der Waals surface area contributed by atoms with Crippen LogP contribution in [0.15, 0.2) is 84.9 Å². The molecule has 0 bridgehead atoms. The molecule has 1 heterocycles. The first-order chi connectivity index (χ1) is 16.6. The Labute approximate surface area is 214 Å². The van der Waals surface area contributed by atoms with Crippen LogP contribution in [-0.4, -0.2) is 42.1 Å². The smallest absolute Gasteiger partial charge is 0.268 e. The fraction of sp³-hybridized carbons (Fsp3) is 0.300. The molecule has 35 heavy (non-hydrogen) atoms. The number of aromatic nitrogens is 1. The zero-order valence-electron chi connectivity index (χ0n) is 20.5. The molecule has 0 unspecified atom stereocenters. The summed E-state index contributed by atoms with van der Waals surface area (Å²) in [5.41, 5.74) is 5.41. The number of hydrogen-bond acceptors (Lipinski definition) is 2. The monoisotopic (exact) mass is 487 g/mol. The number of nitrogens with zero attached hydrogens (tertiary/aromatic N) is 2. The summed E-state index contributed by atoms with van der Waals surface area (Å²) in [6.45, 7) is 1.63. The summed E-state index contributed by atoms with van der Waals surface area (Å²) < 4.78 is 2.25. The molecule has 1 N–H and O–H groups in total. The average molecular weight is 488 g/mol. The Morgan fingerprint density at radius 3 is 2.03 bits per heavy atom. The molecule has 0 aliphatic heterocycles. The fourth-order valence-corrected chi connectivity index (χ4v) is 5.02. The summed E-state index contributed by atoms with van der Waals surface area (Å²) in [5, 5.41) is 4.50. The lowest BCUT2D eigenvalue weighted by atomic mass is 9.83. The summed E-state index contributed by atoms with van der Waals surface area (Å²) in [7, 11) is 4.16. The lowest BCUT2D eigenvalue weighted by Gasteiger charge is -2.28. The van der Waals surface area contributed by atoms with E-state index in [9.17, 15) is 4.79 Å². The Morgan fingerprint density at radius 1 is 0.914 bits per heavy atom. The van der Waals surface area contributed by atoms with Gasteiger partial charge in [0, 0.05) is 41.5 Å². The molecule has 1 amide bonds. The SMILES string of the molecule is CN(C)CCn1c(C(=O)NC2CCC2)c(C(c2ccccc2)c2ccccc2)c2ccccc21.Cl. The zero-order chi connectivity index (χ0) is 23.5. The second kappa shape index (κ2) is 11.1. The largest absolute Gasteiger partial charge is 0.348 e. The van der Waals surface area contributed by atoms with Crippen LogP contribution in [0, 0.1) is 0 Å². The number of amides is 1. The van der Waals surface area contributed by atoms with Crippen LogP contribution in [0.25, 0.3) is 10.9 Å². The number of fused-ring (bicyclic) bond motifs is 1. The summed E-state index contributed by atoms with van der Waals surface area (Å²) in [6, 6.07) is 29.9. The molecule has 0 radical (unpaired) electrons. The molecule has 0 saturated heterocycles. The Kier molecular flexibility index (Phi) is 7.94. The number of benzene rings is 3. The molecule has 1 fully saturated rings. The molecule has 5 heteroatoms. The summed E-state index contributed by atoms with van der Waals surface area (Å²) >= 11 is 0. The third kappa shape index (κ3) is 5.14.